The Balaban J connectivity index is 1.87. The summed E-state index contributed by atoms with van der Waals surface area (Å²) >= 11 is 0. The quantitative estimate of drug-likeness (QED) is 0.510. The van der Waals surface area contributed by atoms with Gasteiger partial charge in [-0.15, -0.1) is 0 Å². The lowest BCUT2D eigenvalue weighted by atomic mass is 9.97. The van der Waals surface area contributed by atoms with Crippen LogP contribution < -0.4 is 0 Å². The van der Waals surface area contributed by atoms with Crippen LogP contribution >= 0.6 is 0 Å². The van der Waals surface area contributed by atoms with Crippen LogP contribution in [0.3, 0.4) is 0 Å². The van der Waals surface area contributed by atoms with E-state index in [0.717, 1.165) is 5.56 Å². The van der Waals surface area contributed by atoms with Gasteiger partial charge in [0.2, 0.25) is 5.78 Å². The Morgan fingerprint density at radius 1 is 1.11 bits per heavy atom. The van der Waals surface area contributed by atoms with Gasteiger partial charge in [0.15, 0.2) is 0 Å². The van der Waals surface area contributed by atoms with E-state index in [-0.39, 0.29) is 0 Å². The normalized spacial score (nSPS) is 12.1. The van der Waals surface area contributed by atoms with Crippen LogP contribution in [0.2, 0.25) is 0 Å². The molecule has 2 aromatic heterocycles. The molecule has 0 fully saturated rings. The monoisotopic (exact) mass is 360 g/mol. The van der Waals surface area contributed by atoms with E-state index in [1.165, 1.54) is 13.0 Å². The van der Waals surface area contributed by atoms with E-state index in [0.29, 0.717) is 33.9 Å². The summed E-state index contributed by atoms with van der Waals surface area (Å²) in [7, 11) is 0. The SMILES string of the molecule is CC(F)c1ccn2c(-c3ccc(F)c(-c4ccccc4C#N)c3)cnc2n1. The van der Waals surface area contributed by atoms with E-state index in [2.05, 4.69) is 16.0 Å². The number of hydrogen-bond acceptors (Lipinski definition) is 3. The van der Waals surface area contributed by atoms with E-state index in [4.69, 9.17) is 0 Å². The molecule has 0 saturated heterocycles. The summed E-state index contributed by atoms with van der Waals surface area (Å²) < 4.78 is 29.7. The van der Waals surface area contributed by atoms with Gasteiger partial charge in [-0.3, -0.25) is 4.40 Å². The third-order valence-electron chi connectivity index (χ3n) is 4.41. The molecule has 2 heterocycles. The molecule has 0 N–H and O–H groups in total. The second-order valence-electron chi connectivity index (χ2n) is 6.13. The number of alkyl halides is 1. The van der Waals surface area contributed by atoms with Crippen molar-refractivity contribution >= 4 is 5.78 Å². The molecule has 4 aromatic rings. The molecule has 0 bridgehead atoms. The number of aromatic nitrogens is 3. The number of hydrogen-bond donors (Lipinski definition) is 0. The van der Waals surface area contributed by atoms with E-state index in [1.54, 1.807) is 59.3 Å². The minimum atomic E-state index is -1.19. The van der Waals surface area contributed by atoms with Gasteiger partial charge in [-0.05, 0) is 37.3 Å². The third kappa shape index (κ3) is 2.93. The van der Waals surface area contributed by atoms with Crippen LogP contribution in [0, 0.1) is 17.1 Å². The Hall–Kier alpha value is -3.59. The molecule has 1 atom stereocenters. The van der Waals surface area contributed by atoms with Crippen LogP contribution in [-0.4, -0.2) is 14.4 Å². The molecule has 2 aromatic carbocycles. The van der Waals surface area contributed by atoms with Crippen molar-refractivity contribution in [2.75, 3.05) is 0 Å². The van der Waals surface area contributed by atoms with E-state index >= 15 is 0 Å². The molecule has 4 rings (SSSR count). The van der Waals surface area contributed by atoms with Crippen molar-refractivity contribution in [2.24, 2.45) is 0 Å². The maximum Gasteiger partial charge on any atom is 0.234 e. The van der Waals surface area contributed by atoms with E-state index < -0.39 is 12.0 Å². The molecule has 4 nitrogen and oxygen atoms in total. The van der Waals surface area contributed by atoms with Gasteiger partial charge in [0, 0.05) is 22.9 Å². The highest BCUT2D eigenvalue weighted by molar-refractivity contribution is 5.76. The fraction of sp³-hybridized carbons (Fsp3) is 0.0952. The Kier molecular flexibility index (Phi) is 4.13. The van der Waals surface area contributed by atoms with Crippen molar-refractivity contribution in [1.82, 2.24) is 14.4 Å². The molecule has 27 heavy (non-hydrogen) atoms. The number of nitriles is 1. The van der Waals surface area contributed by atoms with Gasteiger partial charge in [-0.2, -0.15) is 5.26 Å². The number of nitrogens with zero attached hydrogens (tertiary/aromatic N) is 4. The Bertz CT molecular complexity index is 1190. The average molecular weight is 360 g/mol. The van der Waals surface area contributed by atoms with Crippen molar-refractivity contribution in [2.45, 2.75) is 13.1 Å². The Morgan fingerprint density at radius 2 is 1.93 bits per heavy atom. The molecule has 0 aliphatic carbocycles. The third-order valence-corrected chi connectivity index (χ3v) is 4.41. The standard InChI is InChI=1S/C21H14F2N4/c1-13(22)19-8-9-27-20(12-25-21(27)26-19)14-6-7-18(23)17(10-14)16-5-3-2-4-15(16)11-24/h2-10,12-13H,1H3. The highest BCUT2D eigenvalue weighted by atomic mass is 19.1. The van der Waals surface area contributed by atoms with Crippen molar-refractivity contribution in [3.63, 3.8) is 0 Å². The van der Waals surface area contributed by atoms with E-state index in [9.17, 15) is 14.0 Å². The summed E-state index contributed by atoms with van der Waals surface area (Å²) in [6, 6.07) is 15.2. The molecular formula is C21H14F2N4. The number of benzene rings is 2. The fourth-order valence-electron chi connectivity index (χ4n) is 3.03. The molecule has 0 amide bonds. The van der Waals surface area contributed by atoms with Crippen LogP contribution in [0.25, 0.3) is 28.2 Å². The zero-order valence-electron chi connectivity index (χ0n) is 14.4. The topological polar surface area (TPSA) is 54.0 Å². The van der Waals surface area contributed by atoms with Crippen LogP contribution in [0.1, 0.15) is 24.4 Å². The highest BCUT2D eigenvalue weighted by Gasteiger charge is 2.14. The number of fused-ring (bicyclic) bond motifs is 1. The summed E-state index contributed by atoms with van der Waals surface area (Å²) in [5.74, 6) is -0.0442. The van der Waals surface area contributed by atoms with Crippen molar-refractivity contribution in [1.29, 1.82) is 5.26 Å². The first-order valence-electron chi connectivity index (χ1n) is 8.36. The van der Waals surface area contributed by atoms with Gasteiger partial charge in [0.05, 0.1) is 29.2 Å². The molecular weight excluding hydrogens is 346 g/mol. The first-order chi connectivity index (χ1) is 13.1. The summed E-state index contributed by atoms with van der Waals surface area (Å²) in [5, 5.41) is 9.31. The fourth-order valence-corrected chi connectivity index (χ4v) is 3.03. The lowest BCUT2D eigenvalue weighted by molar-refractivity contribution is 0.366. The first-order valence-corrected chi connectivity index (χ1v) is 8.36. The molecule has 132 valence electrons. The maximum atomic E-state index is 14.5. The van der Waals surface area contributed by atoms with Crippen molar-refractivity contribution in [3.8, 4) is 28.5 Å². The predicted molar refractivity (Wildman–Crippen MR) is 98.1 cm³/mol. The smallest absolute Gasteiger partial charge is 0.234 e. The van der Waals surface area contributed by atoms with Gasteiger partial charge in [0.25, 0.3) is 0 Å². The van der Waals surface area contributed by atoms with Gasteiger partial charge in [0.1, 0.15) is 12.0 Å². The maximum absolute atomic E-state index is 14.5. The molecule has 1 unspecified atom stereocenters. The van der Waals surface area contributed by atoms with Crippen LogP contribution in [0.5, 0.6) is 0 Å². The molecule has 0 spiro atoms. The minimum Gasteiger partial charge on any atom is -0.284 e. The Labute approximate surface area is 154 Å². The molecule has 0 aliphatic heterocycles. The van der Waals surface area contributed by atoms with Gasteiger partial charge < -0.3 is 0 Å². The lowest BCUT2D eigenvalue weighted by Gasteiger charge is -2.09. The summed E-state index contributed by atoms with van der Waals surface area (Å²) in [6.07, 6.45) is 2.12. The molecule has 0 saturated carbocycles. The molecule has 0 radical (unpaired) electrons. The summed E-state index contributed by atoms with van der Waals surface area (Å²) in [4.78, 5) is 8.44. The van der Waals surface area contributed by atoms with Crippen LogP contribution in [0.4, 0.5) is 8.78 Å². The molecule has 6 heteroatoms. The van der Waals surface area contributed by atoms with Crippen molar-refractivity contribution < 1.29 is 8.78 Å². The highest BCUT2D eigenvalue weighted by Crippen LogP contribution is 2.31. The lowest BCUT2D eigenvalue weighted by Crippen LogP contribution is -1.97. The first kappa shape index (κ1) is 16.9. The zero-order chi connectivity index (χ0) is 19.0. The van der Waals surface area contributed by atoms with Gasteiger partial charge in [-0.25, -0.2) is 18.7 Å². The largest absolute Gasteiger partial charge is 0.284 e. The average Bonchev–Trinajstić information content (AvgIpc) is 3.11. The number of rotatable bonds is 3. The summed E-state index contributed by atoms with van der Waals surface area (Å²) in [5.41, 5.74) is 2.99. The summed E-state index contributed by atoms with van der Waals surface area (Å²) in [6.45, 7) is 1.42. The zero-order valence-corrected chi connectivity index (χ0v) is 14.4. The van der Waals surface area contributed by atoms with Crippen molar-refractivity contribution in [3.05, 3.63) is 78.0 Å². The second-order valence-corrected chi connectivity index (χ2v) is 6.13. The minimum absolute atomic E-state index is 0.308. The van der Waals surface area contributed by atoms with Gasteiger partial charge in [-0.1, -0.05) is 18.2 Å². The Morgan fingerprint density at radius 3 is 2.70 bits per heavy atom. The van der Waals surface area contributed by atoms with E-state index in [1.807, 2.05) is 0 Å². The second kappa shape index (κ2) is 6.61. The van der Waals surface area contributed by atoms with Gasteiger partial charge >= 0.3 is 0 Å². The molecule has 0 aliphatic rings. The number of imidazole rings is 1. The predicted octanol–water partition coefficient (Wildman–Crippen LogP) is 5.10. The van der Waals surface area contributed by atoms with Crippen LogP contribution in [-0.2, 0) is 0 Å². The van der Waals surface area contributed by atoms with Crippen LogP contribution in [0.15, 0.2) is 60.9 Å². The number of halogens is 2.